The van der Waals surface area contributed by atoms with E-state index in [1.54, 1.807) is 18.9 Å². The number of esters is 1. The van der Waals surface area contributed by atoms with Gasteiger partial charge in [-0.3, -0.25) is 0 Å². The summed E-state index contributed by atoms with van der Waals surface area (Å²) >= 11 is 1.78. The zero-order valence-corrected chi connectivity index (χ0v) is 12.1. The van der Waals surface area contributed by atoms with E-state index in [0.29, 0.717) is 0 Å². The highest BCUT2D eigenvalue weighted by Gasteiger charge is 2.41. The van der Waals surface area contributed by atoms with Crippen molar-refractivity contribution in [2.75, 3.05) is 31.0 Å². The Balaban J connectivity index is 2.17. The average Bonchev–Trinajstić information content (AvgIpc) is 2.48. The van der Waals surface area contributed by atoms with Crippen LogP contribution in [0.15, 0.2) is 24.3 Å². The molecule has 1 N–H and O–H groups in total. The molecular formula is C14H19NO3S. The van der Waals surface area contributed by atoms with Crippen molar-refractivity contribution in [3.8, 4) is 5.75 Å². The van der Waals surface area contributed by atoms with Crippen molar-refractivity contribution in [3.05, 3.63) is 24.3 Å². The fourth-order valence-electron chi connectivity index (χ4n) is 2.25. The van der Waals surface area contributed by atoms with Crippen molar-refractivity contribution in [2.45, 2.75) is 18.4 Å². The fraction of sp³-hybridized carbons (Fsp3) is 0.500. The zero-order valence-electron chi connectivity index (χ0n) is 11.3. The Morgan fingerprint density at radius 2 is 2.05 bits per heavy atom. The van der Waals surface area contributed by atoms with E-state index >= 15 is 0 Å². The number of nitrogens with one attached hydrogen (secondary N) is 1. The van der Waals surface area contributed by atoms with Gasteiger partial charge in [-0.2, -0.15) is 11.8 Å². The Morgan fingerprint density at radius 1 is 1.32 bits per heavy atom. The van der Waals surface area contributed by atoms with E-state index < -0.39 is 5.54 Å². The Labute approximate surface area is 117 Å². The molecule has 2 rings (SSSR count). The van der Waals surface area contributed by atoms with Crippen LogP contribution in [0, 0.1) is 0 Å². The van der Waals surface area contributed by atoms with Gasteiger partial charge in [0.15, 0.2) is 0 Å². The fourth-order valence-corrected chi connectivity index (χ4v) is 3.43. The molecule has 1 aromatic carbocycles. The summed E-state index contributed by atoms with van der Waals surface area (Å²) in [5.74, 6) is 2.46. The molecule has 1 aromatic rings. The second kappa shape index (κ2) is 6.19. The Bertz CT molecular complexity index is 427. The van der Waals surface area contributed by atoms with E-state index in [2.05, 4.69) is 5.32 Å². The van der Waals surface area contributed by atoms with Crippen molar-refractivity contribution in [3.63, 3.8) is 0 Å². The molecule has 1 aliphatic heterocycles. The second-order valence-electron chi connectivity index (χ2n) is 4.58. The maximum absolute atomic E-state index is 12.1. The second-order valence-corrected chi connectivity index (χ2v) is 5.69. The van der Waals surface area contributed by atoms with Gasteiger partial charge in [0, 0.05) is 11.4 Å². The summed E-state index contributed by atoms with van der Waals surface area (Å²) in [5, 5.41) is 3.35. The number of hydrogen-bond donors (Lipinski definition) is 1. The summed E-state index contributed by atoms with van der Waals surface area (Å²) in [4.78, 5) is 12.1. The standard InChI is InChI=1S/C14H19NO3S/c1-17-12-6-4-11(5-7-12)15-14(13(16)18-2)8-3-9-19-10-14/h4-7,15H,3,8-10H2,1-2H3. The number of hydrogen-bond acceptors (Lipinski definition) is 5. The summed E-state index contributed by atoms with van der Waals surface area (Å²) in [6.45, 7) is 0. The van der Waals surface area contributed by atoms with Gasteiger partial charge in [-0.25, -0.2) is 4.79 Å². The van der Waals surface area contributed by atoms with Crippen LogP contribution in [0.5, 0.6) is 5.75 Å². The first-order valence-corrected chi connectivity index (χ1v) is 7.44. The van der Waals surface area contributed by atoms with E-state index in [1.807, 2.05) is 24.3 Å². The Hall–Kier alpha value is -1.36. The molecule has 0 saturated carbocycles. The summed E-state index contributed by atoms with van der Waals surface area (Å²) in [6.07, 6.45) is 1.82. The first-order chi connectivity index (χ1) is 9.20. The highest BCUT2D eigenvalue weighted by molar-refractivity contribution is 7.99. The molecule has 0 radical (unpaired) electrons. The van der Waals surface area contributed by atoms with Crippen molar-refractivity contribution < 1.29 is 14.3 Å². The van der Waals surface area contributed by atoms with Crippen LogP contribution < -0.4 is 10.1 Å². The number of carbonyl (C=O) groups excluding carboxylic acids is 1. The minimum atomic E-state index is -0.605. The van der Waals surface area contributed by atoms with Crippen LogP contribution in [0.25, 0.3) is 0 Å². The first kappa shape index (κ1) is 14.1. The molecule has 0 aliphatic carbocycles. The number of rotatable bonds is 4. The molecule has 0 spiro atoms. The van der Waals surface area contributed by atoms with Crippen LogP contribution in [0.1, 0.15) is 12.8 Å². The molecule has 5 heteroatoms. The quantitative estimate of drug-likeness (QED) is 0.859. The van der Waals surface area contributed by atoms with Gasteiger partial charge in [0.1, 0.15) is 11.3 Å². The van der Waals surface area contributed by atoms with Crippen LogP contribution in [-0.2, 0) is 9.53 Å². The molecule has 0 amide bonds. The smallest absolute Gasteiger partial charge is 0.332 e. The van der Waals surface area contributed by atoms with E-state index in [0.717, 1.165) is 35.8 Å². The maximum Gasteiger partial charge on any atom is 0.332 e. The van der Waals surface area contributed by atoms with Crippen molar-refractivity contribution in [1.29, 1.82) is 0 Å². The van der Waals surface area contributed by atoms with Gasteiger partial charge < -0.3 is 14.8 Å². The minimum Gasteiger partial charge on any atom is -0.497 e. The minimum absolute atomic E-state index is 0.185. The van der Waals surface area contributed by atoms with E-state index in [1.165, 1.54) is 7.11 Å². The summed E-state index contributed by atoms with van der Waals surface area (Å²) in [7, 11) is 3.08. The monoisotopic (exact) mass is 281 g/mol. The molecule has 0 aromatic heterocycles. The van der Waals surface area contributed by atoms with Crippen molar-refractivity contribution >= 4 is 23.4 Å². The Morgan fingerprint density at radius 3 is 2.58 bits per heavy atom. The van der Waals surface area contributed by atoms with E-state index in [9.17, 15) is 4.79 Å². The summed E-state index contributed by atoms with van der Waals surface area (Å²) < 4.78 is 10.1. The van der Waals surface area contributed by atoms with Crippen LogP contribution in [0.4, 0.5) is 5.69 Å². The van der Waals surface area contributed by atoms with Crippen LogP contribution >= 0.6 is 11.8 Å². The molecule has 19 heavy (non-hydrogen) atoms. The molecule has 1 aliphatic rings. The predicted molar refractivity (Wildman–Crippen MR) is 77.9 cm³/mol. The van der Waals surface area contributed by atoms with Crippen LogP contribution in [0.3, 0.4) is 0 Å². The summed E-state index contributed by atoms with van der Waals surface area (Å²) in [6, 6.07) is 7.60. The van der Waals surface area contributed by atoms with Gasteiger partial charge in [-0.05, 0) is 42.9 Å². The number of carbonyl (C=O) groups is 1. The van der Waals surface area contributed by atoms with Gasteiger partial charge in [0.05, 0.1) is 14.2 Å². The van der Waals surface area contributed by atoms with Crippen LogP contribution in [-0.4, -0.2) is 37.2 Å². The van der Waals surface area contributed by atoms with Gasteiger partial charge in [0.2, 0.25) is 0 Å². The Kier molecular flexibility index (Phi) is 4.58. The van der Waals surface area contributed by atoms with E-state index in [4.69, 9.17) is 9.47 Å². The SMILES string of the molecule is COC(=O)C1(Nc2ccc(OC)cc2)CCCSC1. The molecule has 1 heterocycles. The zero-order chi connectivity index (χ0) is 13.7. The van der Waals surface area contributed by atoms with E-state index in [-0.39, 0.29) is 5.97 Å². The molecule has 1 fully saturated rings. The number of thioether (sulfide) groups is 1. The number of anilines is 1. The normalized spacial score (nSPS) is 22.6. The highest BCUT2D eigenvalue weighted by atomic mass is 32.2. The summed E-state index contributed by atoms with van der Waals surface area (Å²) in [5.41, 5.74) is 0.306. The first-order valence-electron chi connectivity index (χ1n) is 6.28. The van der Waals surface area contributed by atoms with Gasteiger partial charge in [-0.1, -0.05) is 0 Å². The lowest BCUT2D eigenvalue weighted by molar-refractivity contribution is -0.145. The van der Waals surface area contributed by atoms with Crippen LogP contribution in [0.2, 0.25) is 0 Å². The van der Waals surface area contributed by atoms with Gasteiger partial charge >= 0.3 is 5.97 Å². The molecule has 1 saturated heterocycles. The topological polar surface area (TPSA) is 47.6 Å². The van der Waals surface area contributed by atoms with Gasteiger partial charge in [0.25, 0.3) is 0 Å². The maximum atomic E-state index is 12.1. The molecule has 0 bridgehead atoms. The molecule has 1 unspecified atom stereocenters. The molecule has 4 nitrogen and oxygen atoms in total. The van der Waals surface area contributed by atoms with Crippen molar-refractivity contribution in [1.82, 2.24) is 0 Å². The predicted octanol–water partition coefficient (Wildman–Crippen LogP) is 2.55. The molecular weight excluding hydrogens is 262 g/mol. The number of benzene rings is 1. The third kappa shape index (κ3) is 3.15. The van der Waals surface area contributed by atoms with Gasteiger partial charge in [-0.15, -0.1) is 0 Å². The lowest BCUT2D eigenvalue weighted by Crippen LogP contribution is -2.51. The molecule has 1 atom stereocenters. The highest BCUT2D eigenvalue weighted by Crippen LogP contribution is 2.31. The van der Waals surface area contributed by atoms with Crippen molar-refractivity contribution in [2.24, 2.45) is 0 Å². The third-order valence-corrected chi connectivity index (χ3v) is 4.56. The largest absolute Gasteiger partial charge is 0.497 e. The number of ether oxygens (including phenoxy) is 2. The lowest BCUT2D eigenvalue weighted by atomic mass is 9.95. The third-order valence-electron chi connectivity index (χ3n) is 3.29. The molecule has 104 valence electrons. The average molecular weight is 281 g/mol. The lowest BCUT2D eigenvalue weighted by Gasteiger charge is -2.35. The number of methoxy groups -OCH3 is 2.